The standard InChI is InChI=1S/C7H14/c1-6-3-4-7(2)5-6/h6-7H,3-5H2,1-2H3/t6-,7-/m0/s1. The summed E-state index contributed by atoms with van der Waals surface area (Å²) in [5.41, 5.74) is 0. The Morgan fingerprint density at radius 3 is 1.57 bits per heavy atom. The third-order valence-corrected chi connectivity index (χ3v) is 1.96. The molecule has 0 amide bonds. The van der Waals surface area contributed by atoms with E-state index in [0.717, 1.165) is 11.8 Å². The lowest BCUT2D eigenvalue weighted by molar-refractivity contribution is 0.555. The van der Waals surface area contributed by atoms with Crippen molar-refractivity contribution in [1.82, 2.24) is 0 Å². The van der Waals surface area contributed by atoms with Gasteiger partial charge in [-0.2, -0.15) is 0 Å². The third-order valence-electron chi connectivity index (χ3n) is 1.96. The fourth-order valence-corrected chi connectivity index (χ4v) is 1.49. The molecule has 0 bridgehead atoms. The first-order chi connectivity index (χ1) is 3.29. The number of rotatable bonds is 0. The zero-order valence-electron chi connectivity index (χ0n) is 5.28. The van der Waals surface area contributed by atoms with Gasteiger partial charge in [0.05, 0.1) is 0 Å². The highest BCUT2D eigenvalue weighted by atomic mass is 14.2. The second-order valence-corrected chi connectivity index (χ2v) is 3.02. The highest BCUT2D eigenvalue weighted by Crippen LogP contribution is 2.29. The van der Waals surface area contributed by atoms with Crippen LogP contribution >= 0.6 is 0 Å². The van der Waals surface area contributed by atoms with Crippen LogP contribution < -0.4 is 0 Å². The summed E-state index contributed by atoms with van der Waals surface area (Å²) in [5, 5.41) is 0. The van der Waals surface area contributed by atoms with Crippen LogP contribution in [-0.2, 0) is 0 Å². The molecule has 1 rings (SSSR count). The van der Waals surface area contributed by atoms with Gasteiger partial charge in [0.15, 0.2) is 0 Å². The van der Waals surface area contributed by atoms with Gasteiger partial charge in [-0.15, -0.1) is 0 Å². The monoisotopic (exact) mass is 98.1 g/mol. The molecule has 0 heterocycles. The smallest absolute Gasteiger partial charge is 0.0440 e. The maximum absolute atomic E-state index is 2.35. The summed E-state index contributed by atoms with van der Waals surface area (Å²) in [6.45, 7) is 4.70. The molecule has 0 aromatic heterocycles. The average Bonchev–Trinajstić information content (AvgIpc) is 1.87. The van der Waals surface area contributed by atoms with E-state index in [9.17, 15) is 0 Å². The van der Waals surface area contributed by atoms with Crippen LogP contribution in [0.25, 0.3) is 0 Å². The lowest BCUT2D eigenvalue weighted by Crippen LogP contribution is -1.84. The Balaban J connectivity index is 2.26. The molecular formula is C7H14. The molecule has 0 heteroatoms. The van der Waals surface area contributed by atoms with Crippen molar-refractivity contribution in [2.24, 2.45) is 11.8 Å². The van der Waals surface area contributed by atoms with Gasteiger partial charge >= 0.3 is 0 Å². The Kier molecular flexibility index (Phi) is 1.36. The summed E-state index contributed by atoms with van der Waals surface area (Å²) >= 11 is 0. The van der Waals surface area contributed by atoms with E-state index < -0.39 is 0 Å². The van der Waals surface area contributed by atoms with E-state index in [4.69, 9.17) is 0 Å². The molecule has 0 aromatic rings. The summed E-state index contributed by atoms with van der Waals surface area (Å²) in [6.07, 6.45) is 4.42. The Labute approximate surface area is 45.9 Å². The van der Waals surface area contributed by atoms with E-state index in [1.807, 2.05) is 0 Å². The van der Waals surface area contributed by atoms with Crippen LogP contribution in [0.15, 0.2) is 0 Å². The van der Waals surface area contributed by atoms with Crippen molar-refractivity contribution in [2.45, 2.75) is 33.1 Å². The topological polar surface area (TPSA) is 0 Å². The molecule has 0 unspecified atom stereocenters. The van der Waals surface area contributed by atoms with E-state index in [0.29, 0.717) is 0 Å². The van der Waals surface area contributed by atoms with E-state index in [2.05, 4.69) is 13.8 Å². The Morgan fingerprint density at radius 1 is 1.00 bits per heavy atom. The highest BCUT2D eigenvalue weighted by molar-refractivity contribution is 4.68. The van der Waals surface area contributed by atoms with Gasteiger partial charge in [-0.25, -0.2) is 0 Å². The van der Waals surface area contributed by atoms with Gasteiger partial charge < -0.3 is 0 Å². The SMILES string of the molecule is C[C@H]1CC[C@H](C)C1. The number of hydrogen-bond acceptors (Lipinski definition) is 0. The van der Waals surface area contributed by atoms with Gasteiger partial charge in [-0.3, -0.25) is 0 Å². The largest absolute Gasteiger partial charge is 0.0625 e. The van der Waals surface area contributed by atoms with E-state index in [1.54, 1.807) is 0 Å². The molecule has 0 saturated heterocycles. The van der Waals surface area contributed by atoms with Gasteiger partial charge in [0.2, 0.25) is 0 Å². The molecule has 1 aliphatic rings. The van der Waals surface area contributed by atoms with Gasteiger partial charge in [-0.05, 0) is 18.3 Å². The molecule has 0 radical (unpaired) electrons. The van der Waals surface area contributed by atoms with Crippen LogP contribution in [0.4, 0.5) is 0 Å². The van der Waals surface area contributed by atoms with E-state index >= 15 is 0 Å². The molecule has 0 aromatic carbocycles. The van der Waals surface area contributed by atoms with Gasteiger partial charge in [-0.1, -0.05) is 26.7 Å². The summed E-state index contributed by atoms with van der Waals surface area (Å²) in [4.78, 5) is 0. The normalized spacial score (nSPS) is 42.0. The second kappa shape index (κ2) is 1.85. The van der Waals surface area contributed by atoms with Gasteiger partial charge in [0.1, 0.15) is 0 Å². The number of hydrogen-bond donors (Lipinski definition) is 0. The van der Waals surface area contributed by atoms with Crippen molar-refractivity contribution >= 4 is 0 Å². The van der Waals surface area contributed by atoms with Crippen molar-refractivity contribution in [3.8, 4) is 0 Å². The Bertz CT molecular complexity index is 49.1. The van der Waals surface area contributed by atoms with Crippen LogP contribution in [0, 0.1) is 11.8 Å². The van der Waals surface area contributed by atoms with Crippen LogP contribution in [-0.4, -0.2) is 0 Å². The first kappa shape index (κ1) is 5.14. The van der Waals surface area contributed by atoms with Gasteiger partial charge in [0, 0.05) is 0 Å². The quantitative estimate of drug-likeness (QED) is 0.436. The minimum Gasteiger partial charge on any atom is -0.0625 e. The van der Waals surface area contributed by atoms with Crippen molar-refractivity contribution < 1.29 is 0 Å². The van der Waals surface area contributed by atoms with E-state index in [-0.39, 0.29) is 0 Å². The van der Waals surface area contributed by atoms with Crippen molar-refractivity contribution in [1.29, 1.82) is 0 Å². The third kappa shape index (κ3) is 1.19. The maximum atomic E-state index is 2.35. The molecule has 0 aliphatic heterocycles. The maximum Gasteiger partial charge on any atom is -0.0440 e. The second-order valence-electron chi connectivity index (χ2n) is 3.02. The first-order valence-corrected chi connectivity index (χ1v) is 3.29. The minimum absolute atomic E-state index is 1.02. The minimum atomic E-state index is 1.02. The molecule has 0 nitrogen and oxygen atoms in total. The highest BCUT2D eigenvalue weighted by Gasteiger charge is 2.15. The first-order valence-electron chi connectivity index (χ1n) is 3.29. The van der Waals surface area contributed by atoms with Crippen LogP contribution in [0.2, 0.25) is 0 Å². The fraction of sp³-hybridized carbons (Fsp3) is 1.00. The Morgan fingerprint density at radius 2 is 1.43 bits per heavy atom. The summed E-state index contributed by atoms with van der Waals surface area (Å²) < 4.78 is 0. The zero-order valence-corrected chi connectivity index (χ0v) is 5.28. The summed E-state index contributed by atoms with van der Waals surface area (Å²) in [7, 11) is 0. The summed E-state index contributed by atoms with van der Waals surface area (Å²) in [5.74, 6) is 2.05. The van der Waals surface area contributed by atoms with E-state index in [1.165, 1.54) is 19.3 Å². The molecule has 1 aliphatic carbocycles. The molecular weight excluding hydrogens is 84.1 g/mol. The lowest BCUT2D eigenvalue weighted by Gasteiger charge is -1.96. The van der Waals surface area contributed by atoms with Crippen LogP contribution in [0.1, 0.15) is 33.1 Å². The molecule has 2 atom stereocenters. The average molecular weight is 98.2 g/mol. The molecule has 0 N–H and O–H groups in total. The Hall–Kier alpha value is 0. The molecule has 1 fully saturated rings. The molecule has 0 spiro atoms. The van der Waals surface area contributed by atoms with Crippen LogP contribution in [0.3, 0.4) is 0 Å². The molecule has 42 valence electrons. The van der Waals surface area contributed by atoms with Crippen LogP contribution in [0.5, 0.6) is 0 Å². The fourth-order valence-electron chi connectivity index (χ4n) is 1.49. The lowest BCUT2D eigenvalue weighted by atomic mass is 10.1. The molecule has 7 heavy (non-hydrogen) atoms. The van der Waals surface area contributed by atoms with Crippen molar-refractivity contribution in [3.05, 3.63) is 0 Å². The molecule has 1 saturated carbocycles. The summed E-state index contributed by atoms with van der Waals surface area (Å²) in [6, 6.07) is 0. The van der Waals surface area contributed by atoms with Crippen molar-refractivity contribution in [2.75, 3.05) is 0 Å². The van der Waals surface area contributed by atoms with Gasteiger partial charge in [0.25, 0.3) is 0 Å². The predicted molar refractivity (Wildman–Crippen MR) is 32.2 cm³/mol. The zero-order chi connectivity index (χ0) is 5.28. The van der Waals surface area contributed by atoms with Crippen molar-refractivity contribution in [3.63, 3.8) is 0 Å². The predicted octanol–water partition coefficient (Wildman–Crippen LogP) is 2.44.